The standard InChI is InChI=1S/C19H17ClF5N5O/c1-7-12(20)6-30(27-7)10(4)19(31)26-18-8(2)28-29(9(18)3)5-11-13(21)15(23)17(25)16(24)14(11)22/h6,10H,5H2,1-4H3,(H,26,31). The van der Waals surface area contributed by atoms with E-state index in [4.69, 9.17) is 11.6 Å². The van der Waals surface area contributed by atoms with Crippen molar-refractivity contribution in [2.75, 3.05) is 5.32 Å². The van der Waals surface area contributed by atoms with Crippen LogP contribution in [0, 0.1) is 49.9 Å². The highest BCUT2D eigenvalue weighted by atomic mass is 35.5. The van der Waals surface area contributed by atoms with Crippen LogP contribution in [0.5, 0.6) is 0 Å². The van der Waals surface area contributed by atoms with E-state index in [1.807, 2.05) is 0 Å². The Balaban J connectivity index is 1.89. The van der Waals surface area contributed by atoms with Crippen LogP contribution in [0.3, 0.4) is 0 Å². The van der Waals surface area contributed by atoms with Crippen LogP contribution in [0.1, 0.15) is 35.6 Å². The number of nitrogens with zero attached hydrogens (tertiary/aromatic N) is 4. The fourth-order valence-corrected chi connectivity index (χ4v) is 3.11. The maximum Gasteiger partial charge on any atom is 0.249 e. The zero-order valence-corrected chi connectivity index (χ0v) is 17.6. The Bertz CT molecular complexity index is 1140. The highest BCUT2D eigenvalue weighted by molar-refractivity contribution is 6.31. The van der Waals surface area contributed by atoms with Crippen LogP contribution in [0.15, 0.2) is 6.20 Å². The number of aromatic nitrogens is 4. The smallest absolute Gasteiger partial charge is 0.249 e. The summed E-state index contributed by atoms with van der Waals surface area (Å²) in [5.74, 6) is -10.6. The van der Waals surface area contributed by atoms with Crippen LogP contribution >= 0.6 is 11.6 Å². The van der Waals surface area contributed by atoms with Crippen molar-refractivity contribution in [2.24, 2.45) is 0 Å². The molecule has 0 saturated carbocycles. The van der Waals surface area contributed by atoms with Crippen LogP contribution < -0.4 is 5.32 Å². The van der Waals surface area contributed by atoms with Crippen molar-refractivity contribution < 1.29 is 26.7 Å². The monoisotopic (exact) mass is 461 g/mol. The molecule has 0 aliphatic carbocycles. The Morgan fingerprint density at radius 1 is 1.00 bits per heavy atom. The Morgan fingerprint density at radius 3 is 2.06 bits per heavy atom. The fourth-order valence-electron chi connectivity index (χ4n) is 2.98. The second-order valence-electron chi connectivity index (χ2n) is 6.96. The van der Waals surface area contributed by atoms with E-state index in [1.165, 1.54) is 24.7 Å². The number of nitrogens with one attached hydrogen (secondary N) is 1. The summed E-state index contributed by atoms with van der Waals surface area (Å²) in [6.07, 6.45) is 1.49. The predicted molar refractivity (Wildman–Crippen MR) is 102 cm³/mol. The van der Waals surface area contributed by atoms with Gasteiger partial charge in [0, 0.05) is 6.20 Å². The summed E-state index contributed by atoms with van der Waals surface area (Å²) in [5.41, 5.74) is 0.309. The third-order valence-corrected chi connectivity index (χ3v) is 5.24. The summed E-state index contributed by atoms with van der Waals surface area (Å²) in [7, 11) is 0. The molecule has 1 aromatic carbocycles. The summed E-state index contributed by atoms with van der Waals surface area (Å²) in [6, 6.07) is -0.747. The predicted octanol–water partition coefficient (Wildman–Crippen LogP) is 4.60. The number of carbonyl (C=O) groups excluding carboxylic acids is 1. The Kier molecular flexibility index (Phi) is 6.08. The zero-order valence-electron chi connectivity index (χ0n) is 16.8. The number of anilines is 1. The SMILES string of the molecule is Cc1nn(C(C)C(=O)Nc2c(C)nn(Cc3c(F)c(F)c(F)c(F)c3F)c2C)cc1Cl. The molecule has 0 aliphatic rings. The van der Waals surface area contributed by atoms with Crippen LogP contribution in [-0.4, -0.2) is 25.5 Å². The second kappa shape index (κ2) is 8.29. The molecule has 12 heteroatoms. The molecule has 6 nitrogen and oxygen atoms in total. The van der Waals surface area contributed by atoms with Crippen LogP contribution in [0.25, 0.3) is 0 Å². The molecule has 3 rings (SSSR count). The van der Waals surface area contributed by atoms with Crippen LogP contribution in [0.2, 0.25) is 5.02 Å². The van der Waals surface area contributed by atoms with Crippen LogP contribution in [-0.2, 0) is 11.3 Å². The molecule has 0 saturated heterocycles. The quantitative estimate of drug-likeness (QED) is 0.343. The van der Waals surface area contributed by atoms with E-state index in [9.17, 15) is 26.7 Å². The van der Waals surface area contributed by atoms with E-state index >= 15 is 0 Å². The number of hydrogen-bond acceptors (Lipinski definition) is 3. The summed E-state index contributed by atoms with van der Waals surface area (Å²) in [4.78, 5) is 12.6. The van der Waals surface area contributed by atoms with Crippen molar-refractivity contribution in [3.05, 3.63) is 63.0 Å². The molecule has 1 N–H and O–H groups in total. The second-order valence-corrected chi connectivity index (χ2v) is 7.37. The van der Waals surface area contributed by atoms with Crippen molar-refractivity contribution in [2.45, 2.75) is 40.3 Å². The van der Waals surface area contributed by atoms with E-state index < -0.39 is 53.1 Å². The summed E-state index contributed by atoms with van der Waals surface area (Å²) >= 11 is 5.96. The molecule has 0 fully saturated rings. The first-order valence-electron chi connectivity index (χ1n) is 9.00. The topological polar surface area (TPSA) is 64.7 Å². The molecular weight excluding hydrogens is 445 g/mol. The van der Waals surface area contributed by atoms with E-state index in [0.29, 0.717) is 10.7 Å². The van der Waals surface area contributed by atoms with Gasteiger partial charge >= 0.3 is 0 Å². The lowest BCUT2D eigenvalue weighted by Gasteiger charge is -2.13. The number of rotatable bonds is 5. The lowest BCUT2D eigenvalue weighted by molar-refractivity contribution is -0.119. The van der Waals surface area contributed by atoms with Gasteiger partial charge in [-0.3, -0.25) is 14.2 Å². The number of halogens is 6. The van der Waals surface area contributed by atoms with Gasteiger partial charge in [0.2, 0.25) is 11.7 Å². The zero-order chi connectivity index (χ0) is 23.2. The molecule has 2 aromatic heterocycles. The molecule has 0 bridgehead atoms. The minimum Gasteiger partial charge on any atom is -0.321 e. The van der Waals surface area contributed by atoms with Gasteiger partial charge in [0.05, 0.1) is 39.9 Å². The number of benzene rings is 1. The third kappa shape index (κ3) is 4.01. The number of amides is 1. The Morgan fingerprint density at radius 2 is 1.55 bits per heavy atom. The molecule has 1 unspecified atom stereocenters. The van der Waals surface area contributed by atoms with Crippen molar-refractivity contribution >= 4 is 23.2 Å². The molecule has 1 amide bonds. The average Bonchev–Trinajstić information content (AvgIpc) is 3.20. The molecule has 0 radical (unpaired) electrons. The Labute approximate surface area is 178 Å². The van der Waals surface area contributed by atoms with Crippen molar-refractivity contribution in [3.8, 4) is 0 Å². The number of carbonyl (C=O) groups is 1. The number of hydrogen-bond donors (Lipinski definition) is 1. The molecule has 0 aliphatic heterocycles. The van der Waals surface area contributed by atoms with Gasteiger partial charge in [-0.15, -0.1) is 0 Å². The Hall–Kier alpha value is -2.95. The van der Waals surface area contributed by atoms with E-state index in [1.54, 1.807) is 13.8 Å². The summed E-state index contributed by atoms with van der Waals surface area (Å²) in [6.45, 7) is 5.56. The molecule has 2 heterocycles. The van der Waals surface area contributed by atoms with Gasteiger partial charge < -0.3 is 5.32 Å². The first-order valence-corrected chi connectivity index (χ1v) is 9.38. The van der Waals surface area contributed by atoms with E-state index in [0.717, 1.165) is 4.68 Å². The van der Waals surface area contributed by atoms with Gasteiger partial charge in [0.1, 0.15) is 6.04 Å². The molecule has 166 valence electrons. The summed E-state index contributed by atoms with van der Waals surface area (Å²) in [5, 5.41) is 11.2. The van der Waals surface area contributed by atoms with E-state index in [-0.39, 0.29) is 17.1 Å². The first kappa shape index (κ1) is 22.7. The maximum atomic E-state index is 14.0. The first-order chi connectivity index (χ1) is 14.4. The molecule has 1 atom stereocenters. The van der Waals surface area contributed by atoms with Gasteiger partial charge in [-0.25, -0.2) is 22.0 Å². The maximum absolute atomic E-state index is 14.0. The van der Waals surface area contributed by atoms with Gasteiger partial charge in [0.15, 0.2) is 23.3 Å². The van der Waals surface area contributed by atoms with Gasteiger partial charge in [-0.2, -0.15) is 10.2 Å². The molecule has 0 spiro atoms. The third-order valence-electron chi connectivity index (χ3n) is 4.87. The molecule has 31 heavy (non-hydrogen) atoms. The summed E-state index contributed by atoms with van der Waals surface area (Å²) < 4.78 is 70.7. The minimum absolute atomic E-state index is 0.246. The average molecular weight is 462 g/mol. The number of aryl methyl sites for hydroxylation is 2. The molecular formula is C19H17ClF5N5O. The minimum atomic E-state index is -2.23. The van der Waals surface area contributed by atoms with Gasteiger partial charge in [-0.05, 0) is 27.7 Å². The van der Waals surface area contributed by atoms with Crippen LogP contribution in [0.4, 0.5) is 27.6 Å². The van der Waals surface area contributed by atoms with Gasteiger partial charge in [-0.1, -0.05) is 11.6 Å². The van der Waals surface area contributed by atoms with Gasteiger partial charge in [0.25, 0.3) is 0 Å². The largest absolute Gasteiger partial charge is 0.321 e. The van der Waals surface area contributed by atoms with Crippen molar-refractivity contribution in [1.29, 1.82) is 0 Å². The highest BCUT2D eigenvalue weighted by Gasteiger charge is 2.27. The van der Waals surface area contributed by atoms with Crippen molar-refractivity contribution in [1.82, 2.24) is 19.6 Å². The molecule has 3 aromatic rings. The van der Waals surface area contributed by atoms with E-state index in [2.05, 4.69) is 15.5 Å². The lowest BCUT2D eigenvalue weighted by atomic mass is 10.1. The highest BCUT2D eigenvalue weighted by Crippen LogP contribution is 2.27. The van der Waals surface area contributed by atoms with Crippen molar-refractivity contribution in [3.63, 3.8) is 0 Å². The lowest BCUT2D eigenvalue weighted by Crippen LogP contribution is -2.24. The normalized spacial score (nSPS) is 12.3. The fraction of sp³-hybridized carbons (Fsp3) is 0.316.